The third kappa shape index (κ3) is 1.31. The average Bonchev–Trinajstić information content (AvgIpc) is 2.03. The largest absolute Gasteiger partial charge is 0.334 e. The number of thiol groups is 1. The number of nitrogens with zero attached hydrogens (tertiary/aromatic N) is 3. The molecule has 1 aliphatic rings. The molecule has 0 spiro atoms. The summed E-state index contributed by atoms with van der Waals surface area (Å²) in [5.41, 5.74) is 0.205. The fraction of sp³-hybridized carbons (Fsp3) is 0.571. The molecule has 0 bridgehead atoms. The lowest BCUT2D eigenvalue weighted by atomic mass is 9.83. The second-order valence-electron chi connectivity index (χ2n) is 3.19. The zero-order valence-electron chi connectivity index (χ0n) is 6.97. The lowest BCUT2D eigenvalue weighted by molar-refractivity contribution is 0.397. The summed E-state index contributed by atoms with van der Waals surface area (Å²) in [4.78, 5) is 11.5. The van der Waals surface area contributed by atoms with E-state index >= 15 is 0 Å². The molecular weight excluding hydrogens is 188 g/mol. The molecule has 1 saturated carbocycles. The molecule has 1 aromatic rings. The Morgan fingerprint density at radius 2 is 2.15 bits per heavy atom. The van der Waals surface area contributed by atoms with E-state index in [0.717, 1.165) is 23.9 Å². The van der Waals surface area contributed by atoms with Crippen molar-refractivity contribution in [2.75, 3.05) is 5.84 Å². The van der Waals surface area contributed by atoms with Crippen molar-refractivity contribution in [3.8, 4) is 0 Å². The monoisotopic (exact) mass is 198 g/mol. The second-order valence-corrected chi connectivity index (χ2v) is 3.59. The van der Waals surface area contributed by atoms with E-state index in [0.29, 0.717) is 5.69 Å². The summed E-state index contributed by atoms with van der Waals surface area (Å²) in [5, 5.41) is 7.66. The molecule has 13 heavy (non-hydrogen) atoms. The predicted molar refractivity (Wildman–Crippen MR) is 50.3 cm³/mol. The standard InChI is InChI=1S/C7H10N4OS/c8-11-6(12)5(4-2-1-3-4)9-10-7(11)13/h4H,1-3,8H2,(H,10,13). The maximum atomic E-state index is 11.5. The predicted octanol–water partition coefficient (Wildman–Crippen LogP) is -0.0917. The van der Waals surface area contributed by atoms with Crippen LogP contribution in [0.4, 0.5) is 0 Å². The topological polar surface area (TPSA) is 73.8 Å². The summed E-state index contributed by atoms with van der Waals surface area (Å²) in [6.45, 7) is 0. The first-order valence-electron chi connectivity index (χ1n) is 4.14. The van der Waals surface area contributed by atoms with Crippen LogP contribution in [-0.2, 0) is 0 Å². The molecule has 0 atom stereocenters. The van der Waals surface area contributed by atoms with Crippen molar-refractivity contribution in [2.45, 2.75) is 30.3 Å². The Bertz CT molecular complexity index is 385. The van der Waals surface area contributed by atoms with Gasteiger partial charge in [0.2, 0.25) is 5.16 Å². The molecule has 6 heteroatoms. The van der Waals surface area contributed by atoms with Gasteiger partial charge in [0.25, 0.3) is 5.56 Å². The lowest BCUT2D eigenvalue weighted by Crippen LogP contribution is -2.35. The van der Waals surface area contributed by atoms with Crippen LogP contribution in [-0.4, -0.2) is 14.9 Å². The molecule has 0 radical (unpaired) electrons. The third-order valence-electron chi connectivity index (χ3n) is 2.39. The fourth-order valence-electron chi connectivity index (χ4n) is 1.34. The van der Waals surface area contributed by atoms with Crippen LogP contribution in [0.25, 0.3) is 0 Å². The van der Waals surface area contributed by atoms with Crippen LogP contribution >= 0.6 is 12.6 Å². The van der Waals surface area contributed by atoms with Crippen LogP contribution in [0.1, 0.15) is 30.9 Å². The first-order chi connectivity index (χ1) is 6.20. The highest BCUT2D eigenvalue weighted by molar-refractivity contribution is 7.80. The molecule has 1 heterocycles. The van der Waals surface area contributed by atoms with Crippen LogP contribution in [0.5, 0.6) is 0 Å². The van der Waals surface area contributed by atoms with Gasteiger partial charge in [0, 0.05) is 5.92 Å². The normalized spacial score (nSPS) is 17.0. The summed E-state index contributed by atoms with van der Waals surface area (Å²) in [5.74, 6) is 5.68. The van der Waals surface area contributed by atoms with E-state index in [-0.39, 0.29) is 16.6 Å². The summed E-state index contributed by atoms with van der Waals surface area (Å²) >= 11 is 3.89. The fourth-order valence-corrected chi connectivity index (χ4v) is 1.48. The van der Waals surface area contributed by atoms with Gasteiger partial charge in [-0.2, -0.15) is 4.68 Å². The third-order valence-corrected chi connectivity index (χ3v) is 2.70. The quantitative estimate of drug-likeness (QED) is 0.488. The van der Waals surface area contributed by atoms with E-state index in [9.17, 15) is 4.79 Å². The molecule has 5 nitrogen and oxygen atoms in total. The minimum absolute atomic E-state index is 0.146. The van der Waals surface area contributed by atoms with Crippen molar-refractivity contribution in [3.05, 3.63) is 16.0 Å². The molecule has 1 aromatic heterocycles. The van der Waals surface area contributed by atoms with Gasteiger partial charge in [-0.05, 0) is 12.8 Å². The summed E-state index contributed by atoms with van der Waals surface area (Å²) < 4.78 is 0.934. The molecule has 70 valence electrons. The van der Waals surface area contributed by atoms with Gasteiger partial charge in [-0.25, -0.2) is 0 Å². The average molecular weight is 198 g/mol. The highest BCUT2D eigenvalue weighted by Gasteiger charge is 2.25. The van der Waals surface area contributed by atoms with Gasteiger partial charge in [-0.3, -0.25) is 4.79 Å². The molecular formula is C7H10N4OS. The van der Waals surface area contributed by atoms with E-state index in [2.05, 4.69) is 22.8 Å². The number of aromatic nitrogens is 3. The molecule has 0 aromatic carbocycles. The van der Waals surface area contributed by atoms with Gasteiger partial charge in [-0.1, -0.05) is 6.42 Å². The summed E-state index contributed by atoms with van der Waals surface area (Å²) in [6.07, 6.45) is 3.17. The van der Waals surface area contributed by atoms with Crippen LogP contribution in [0.3, 0.4) is 0 Å². The van der Waals surface area contributed by atoms with Gasteiger partial charge >= 0.3 is 0 Å². The number of hydrogen-bond acceptors (Lipinski definition) is 5. The van der Waals surface area contributed by atoms with Crippen molar-refractivity contribution in [2.24, 2.45) is 0 Å². The van der Waals surface area contributed by atoms with Gasteiger partial charge in [0.05, 0.1) is 0 Å². The maximum Gasteiger partial charge on any atom is 0.294 e. The number of nitrogens with two attached hydrogens (primary N) is 1. The Morgan fingerprint density at radius 3 is 2.69 bits per heavy atom. The SMILES string of the molecule is Nn1c(S)nnc(C2CCC2)c1=O. The molecule has 2 rings (SSSR count). The minimum Gasteiger partial charge on any atom is -0.334 e. The zero-order chi connectivity index (χ0) is 9.42. The van der Waals surface area contributed by atoms with Crippen molar-refractivity contribution in [1.29, 1.82) is 0 Å². The molecule has 0 aliphatic heterocycles. The van der Waals surface area contributed by atoms with E-state index in [1.54, 1.807) is 0 Å². The van der Waals surface area contributed by atoms with E-state index in [1.165, 1.54) is 0 Å². The molecule has 0 unspecified atom stereocenters. The van der Waals surface area contributed by atoms with Gasteiger partial charge in [-0.15, -0.1) is 22.8 Å². The van der Waals surface area contributed by atoms with Gasteiger partial charge in [0.15, 0.2) is 0 Å². The minimum atomic E-state index is -0.273. The van der Waals surface area contributed by atoms with Crippen LogP contribution in [0.15, 0.2) is 9.95 Å². The Balaban J connectivity index is 2.47. The van der Waals surface area contributed by atoms with Crippen molar-refractivity contribution in [3.63, 3.8) is 0 Å². The van der Waals surface area contributed by atoms with Crippen LogP contribution < -0.4 is 11.4 Å². The van der Waals surface area contributed by atoms with E-state index in [4.69, 9.17) is 5.84 Å². The maximum absolute atomic E-state index is 11.5. The van der Waals surface area contributed by atoms with Crippen molar-refractivity contribution < 1.29 is 0 Å². The Hall–Kier alpha value is -1.04. The first kappa shape index (κ1) is 8.55. The lowest BCUT2D eigenvalue weighted by Gasteiger charge is -2.23. The number of hydrogen-bond donors (Lipinski definition) is 2. The Labute approximate surface area is 80.3 Å². The smallest absolute Gasteiger partial charge is 0.294 e. The molecule has 2 N–H and O–H groups in total. The van der Waals surface area contributed by atoms with Crippen LogP contribution in [0, 0.1) is 0 Å². The second kappa shape index (κ2) is 3.02. The van der Waals surface area contributed by atoms with E-state index in [1.807, 2.05) is 0 Å². The number of nitrogen functional groups attached to an aromatic ring is 1. The first-order valence-corrected chi connectivity index (χ1v) is 4.58. The van der Waals surface area contributed by atoms with Crippen molar-refractivity contribution in [1.82, 2.24) is 14.9 Å². The molecule has 0 saturated heterocycles. The van der Waals surface area contributed by atoms with E-state index < -0.39 is 0 Å². The summed E-state index contributed by atoms with van der Waals surface area (Å²) in [6, 6.07) is 0. The Morgan fingerprint density at radius 1 is 1.46 bits per heavy atom. The molecule has 1 aliphatic carbocycles. The van der Waals surface area contributed by atoms with Crippen molar-refractivity contribution >= 4 is 12.6 Å². The molecule has 0 amide bonds. The van der Waals surface area contributed by atoms with Gasteiger partial charge < -0.3 is 5.84 Å². The van der Waals surface area contributed by atoms with Crippen LogP contribution in [0.2, 0.25) is 0 Å². The molecule has 1 fully saturated rings. The Kier molecular flexibility index (Phi) is 1.99. The summed E-state index contributed by atoms with van der Waals surface area (Å²) in [7, 11) is 0. The highest BCUT2D eigenvalue weighted by Crippen LogP contribution is 2.33. The van der Waals surface area contributed by atoms with Gasteiger partial charge in [0.1, 0.15) is 5.69 Å². The highest BCUT2D eigenvalue weighted by atomic mass is 32.1. The number of rotatable bonds is 1. The zero-order valence-corrected chi connectivity index (χ0v) is 7.87.